The Hall–Kier alpha value is -2.99. The maximum Gasteiger partial charge on any atom is 0.261 e. The molecule has 1 fully saturated rings. The summed E-state index contributed by atoms with van der Waals surface area (Å²) in [6.07, 6.45) is 1.70. The van der Waals surface area contributed by atoms with Crippen molar-refractivity contribution in [3.63, 3.8) is 0 Å². The predicted molar refractivity (Wildman–Crippen MR) is 98.4 cm³/mol. The highest BCUT2D eigenvalue weighted by molar-refractivity contribution is 6.22. The Morgan fingerprint density at radius 2 is 1.85 bits per heavy atom. The molecule has 0 spiro atoms. The number of imide groups is 1. The fourth-order valence-electron chi connectivity index (χ4n) is 3.47. The molecule has 0 bridgehead atoms. The minimum atomic E-state index is -0.358. The number of fused-ring (bicyclic) bond motifs is 1. The number of rotatable bonds is 5. The zero-order chi connectivity index (χ0) is 18.8. The molecule has 138 valence electrons. The molecule has 0 aliphatic carbocycles. The van der Waals surface area contributed by atoms with Gasteiger partial charge in [0.1, 0.15) is 0 Å². The van der Waals surface area contributed by atoms with Gasteiger partial charge in [-0.05, 0) is 36.6 Å². The molecular formula is C21H20N2O4. The van der Waals surface area contributed by atoms with Gasteiger partial charge in [0.05, 0.1) is 23.8 Å². The van der Waals surface area contributed by atoms with Gasteiger partial charge in [-0.3, -0.25) is 19.3 Å². The van der Waals surface area contributed by atoms with Crippen LogP contribution in [0.4, 0.5) is 0 Å². The van der Waals surface area contributed by atoms with Crippen LogP contribution in [0.25, 0.3) is 0 Å². The molecule has 1 atom stereocenters. The first-order chi connectivity index (χ1) is 13.1. The smallest absolute Gasteiger partial charge is 0.261 e. The van der Waals surface area contributed by atoms with E-state index in [-0.39, 0.29) is 35.9 Å². The molecule has 2 aliphatic heterocycles. The number of hydrogen-bond donors (Lipinski definition) is 1. The van der Waals surface area contributed by atoms with Crippen LogP contribution in [-0.4, -0.2) is 41.9 Å². The second-order valence-corrected chi connectivity index (χ2v) is 6.78. The zero-order valence-corrected chi connectivity index (χ0v) is 14.8. The van der Waals surface area contributed by atoms with E-state index in [1.54, 1.807) is 12.1 Å². The fraction of sp³-hybridized carbons (Fsp3) is 0.286. The lowest BCUT2D eigenvalue weighted by molar-refractivity contribution is 0.0475. The average molecular weight is 364 g/mol. The van der Waals surface area contributed by atoms with Crippen molar-refractivity contribution < 1.29 is 19.1 Å². The van der Waals surface area contributed by atoms with Crippen LogP contribution in [0.1, 0.15) is 49.5 Å². The number of hydrogen-bond acceptors (Lipinski definition) is 4. The van der Waals surface area contributed by atoms with E-state index < -0.39 is 0 Å². The molecule has 1 N–H and O–H groups in total. The second-order valence-electron chi connectivity index (χ2n) is 6.78. The van der Waals surface area contributed by atoms with Crippen molar-refractivity contribution in [2.45, 2.75) is 25.5 Å². The lowest BCUT2D eigenvalue weighted by Gasteiger charge is -2.17. The lowest BCUT2D eigenvalue weighted by Crippen LogP contribution is -2.36. The first-order valence-electron chi connectivity index (χ1n) is 9.07. The van der Waals surface area contributed by atoms with Gasteiger partial charge < -0.3 is 10.1 Å². The van der Waals surface area contributed by atoms with Crippen LogP contribution in [-0.2, 0) is 11.3 Å². The van der Waals surface area contributed by atoms with Crippen LogP contribution in [0.3, 0.4) is 0 Å². The molecule has 0 unspecified atom stereocenters. The summed E-state index contributed by atoms with van der Waals surface area (Å²) in [7, 11) is 0. The number of carbonyl (C=O) groups is 3. The van der Waals surface area contributed by atoms with Gasteiger partial charge in [-0.2, -0.15) is 0 Å². The molecule has 4 rings (SSSR count). The van der Waals surface area contributed by atoms with Crippen molar-refractivity contribution in [3.8, 4) is 0 Å². The minimum Gasteiger partial charge on any atom is -0.376 e. The Morgan fingerprint density at radius 1 is 1.07 bits per heavy atom. The fourth-order valence-corrected chi connectivity index (χ4v) is 3.47. The normalized spacial score (nSPS) is 18.7. The van der Waals surface area contributed by atoms with Crippen molar-refractivity contribution in [1.82, 2.24) is 10.2 Å². The highest BCUT2D eigenvalue weighted by Crippen LogP contribution is 2.26. The van der Waals surface area contributed by atoms with E-state index in [9.17, 15) is 14.4 Å². The standard InChI is InChI=1S/C21H20N2O4/c24-19(22-12-14-5-2-1-3-6-14)15-8-9-17-18(11-15)21(26)23(20(17)25)13-16-7-4-10-27-16/h1-3,5-6,8-9,11,16H,4,7,10,12-13H2,(H,22,24)/t16-/m1/s1. The Balaban J connectivity index is 1.47. The van der Waals surface area contributed by atoms with Crippen LogP contribution >= 0.6 is 0 Å². The Bertz CT molecular complexity index is 888. The molecule has 2 heterocycles. The average Bonchev–Trinajstić information content (AvgIpc) is 3.30. The highest BCUT2D eigenvalue weighted by Gasteiger charge is 2.37. The summed E-state index contributed by atoms with van der Waals surface area (Å²) < 4.78 is 5.54. The summed E-state index contributed by atoms with van der Waals surface area (Å²) >= 11 is 0. The molecule has 2 aromatic rings. The van der Waals surface area contributed by atoms with Gasteiger partial charge in [-0.25, -0.2) is 0 Å². The van der Waals surface area contributed by atoms with E-state index in [0.29, 0.717) is 24.3 Å². The third-order valence-electron chi connectivity index (χ3n) is 4.94. The van der Waals surface area contributed by atoms with Crippen LogP contribution in [0, 0.1) is 0 Å². The maximum atomic E-state index is 12.7. The molecule has 0 saturated carbocycles. The van der Waals surface area contributed by atoms with Crippen LogP contribution in [0.15, 0.2) is 48.5 Å². The van der Waals surface area contributed by atoms with Gasteiger partial charge >= 0.3 is 0 Å². The van der Waals surface area contributed by atoms with Gasteiger partial charge in [0.2, 0.25) is 0 Å². The summed E-state index contributed by atoms with van der Waals surface area (Å²) in [4.78, 5) is 38.9. The topological polar surface area (TPSA) is 75.7 Å². The monoisotopic (exact) mass is 364 g/mol. The maximum absolute atomic E-state index is 12.7. The number of ether oxygens (including phenoxy) is 1. The number of amides is 3. The highest BCUT2D eigenvalue weighted by atomic mass is 16.5. The molecule has 2 aromatic carbocycles. The predicted octanol–water partition coefficient (Wildman–Crippen LogP) is 2.39. The Morgan fingerprint density at radius 3 is 2.59 bits per heavy atom. The van der Waals surface area contributed by atoms with Crippen LogP contribution in [0.2, 0.25) is 0 Å². The van der Waals surface area contributed by atoms with Crippen molar-refractivity contribution in [2.24, 2.45) is 0 Å². The van der Waals surface area contributed by atoms with E-state index in [1.165, 1.54) is 11.0 Å². The molecule has 1 saturated heterocycles. The van der Waals surface area contributed by atoms with Crippen LogP contribution < -0.4 is 5.32 Å². The van der Waals surface area contributed by atoms with E-state index in [2.05, 4.69) is 5.32 Å². The summed E-state index contributed by atoms with van der Waals surface area (Å²) in [6, 6.07) is 14.2. The molecule has 6 nitrogen and oxygen atoms in total. The summed E-state index contributed by atoms with van der Waals surface area (Å²) in [5, 5.41) is 2.83. The van der Waals surface area contributed by atoms with Gasteiger partial charge in [-0.15, -0.1) is 0 Å². The first kappa shape index (κ1) is 17.4. The van der Waals surface area contributed by atoms with Gasteiger partial charge in [0, 0.05) is 18.7 Å². The number of benzene rings is 2. The molecule has 6 heteroatoms. The van der Waals surface area contributed by atoms with E-state index in [0.717, 1.165) is 18.4 Å². The van der Waals surface area contributed by atoms with E-state index >= 15 is 0 Å². The molecule has 0 radical (unpaired) electrons. The summed E-state index contributed by atoms with van der Waals surface area (Å²) in [5.74, 6) is -0.954. The molecule has 27 heavy (non-hydrogen) atoms. The Kier molecular flexibility index (Phi) is 4.73. The zero-order valence-electron chi connectivity index (χ0n) is 14.8. The summed E-state index contributed by atoms with van der Waals surface area (Å²) in [5.41, 5.74) is 1.98. The Labute approximate surface area is 157 Å². The SMILES string of the molecule is O=C(NCc1ccccc1)c1ccc2c(c1)C(=O)N(C[C@H]1CCCO1)C2=O. The van der Waals surface area contributed by atoms with Crippen molar-refractivity contribution in [1.29, 1.82) is 0 Å². The minimum absolute atomic E-state index is 0.0964. The van der Waals surface area contributed by atoms with Crippen LogP contribution in [0.5, 0.6) is 0 Å². The first-order valence-corrected chi connectivity index (χ1v) is 9.07. The second kappa shape index (κ2) is 7.32. The number of nitrogens with zero attached hydrogens (tertiary/aromatic N) is 1. The van der Waals surface area contributed by atoms with Gasteiger partial charge in [0.25, 0.3) is 17.7 Å². The quantitative estimate of drug-likeness (QED) is 0.827. The van der Waals surface area contributed by atoms with E-state index in [1.807, 2.05) is 30.3 Å². The van der Waals surface area contributed by atoms with Gasteiger partial charge in [-0.1, -0.05) is 30.3 Å². The molecular weight excluding hydrogens is 344 g/mol. The van der Waals surface area contributed by atoms with Crippen molar-refractivity contribution in [3.05, 3.63) is 70.8 Å². The lowest BCUT2D eigenvalue weighted by atomic mass is 10.1. The number of nitrogens with one attached hydrogen (secondary N) is 1. The summed E-state index contributed by atoms with van der Waals surface area (Å²) in [6.45, 7) is 1.33. The van der Waals surface area contributed by atoms with Gasteiger partial charge in [0.15, 0.2) is 0 Å². The van der Waals surface area contributed by atoms with Crippen molar-refractivity contribution >= 4 is 17.7 Å². The third-order valence-corrected chi connectivity index (χ3v) is 4.94. The third kappa shape index (κ3) is 3.48. The largest absolute Gasteiger partial charge is 0.376 e. The molecule has 3 amide bonds. The van der Waals surface area contributed by atoms with E-state index in [4.69, 9.17) is 4.74 Å². The number of carbonyl (C=O) groups excluding carboxylic acids is 3. The van der Waals surface area contributed by atoms with Crippen molar-refractivity contribution in [2.75, 3.05) is 13.2 Å². The molecule has 0 aromatic heterocycles. The molecule has 2 aliphatic rings.